The summed E-state index contributed by atoms with van der Waals surface area (Å²) in [5, 5.41) is 18.0. The van der Waals surface area contributed by atoms with Crippen LogP contribution >= 0.6 is 11.6 Å². The van der Waals surface area contributed by atoms with E-state index in [1.165, 1.54) is 0 Å². The van der Waals surface area contributed by atoms with Gasteiger partial charge in [0.2, 0.25) is 35.4 Å². The molecule has 0 aromatic heterocycles. The minimum atomic E-state index is -1.00. The number of hydrogen-bond acceptors (Lipinski definition) is 14. The second kappa shape index (κ2) is 21.6. The third-order valence-electron chi connectivity index (χ3n) is 12.6. The van der Waals surface area contributed by atoms with Gasteiger partial charge in [-0.05, 0) is 50.9 Å². The van der Waals surface area contributed by atoms with Crippen molar-refractivity contribution in [3.05, 3.63) is 0 Å². The second-order valence-corrected chi connectivity index (χ2v) is 16.9. The van der Waals surface area contributed by atoms with Crippen LogP contribution in [0.2, 0.25) is 0 Å². The Bertz CT molecular complexity index is 1460. The molecule has 2 saturated carbocycles. The first-order chi connectivity index (χ1) is 28.1. The summed E-state index contributed by atoms with van der Waals surface area (Å²) in [6, 6.07) is -0.171. The summed E-state index contributed by atoms with van der Waals surface area (Å²) in [6.07, 6.45) is 7.55. The molecule has 4 aliphatic heterocycles. The van der Waals surface area contributed by atoms with Crippen molar-refractivity contribution in [3.63, 3.8) is 0 Å². The SMILES string of the molecule is CCC(CC)C1CC(N[C@H]2CC[C@H](NC(=O)COCCOCCOCCNC(=O)COC3CCCC4C(=O)N(C5CCC(=O)NC5=O)C(=O)C34)C2)N2NCC(Cl)C2N1. The average molecular weight is 839 g/mol. The van der Waals surface area contributed by atoms with E-state index in [-0.39, 0.29) is 81.4 Å². The third kappa shape index (κ3) is 11.3. The topological polar surface area (TPSA) is 218 Å². The standard InChI is InChI=1S/C39H63ClN8O10/c1-3-23(4-2)28-19-31(48-36(45-28)27(40)20-42-48)43-24-8-9-25(18-24)44-34(51)21-57-17-16-56-15-14-55-13-12-41-33(50)22-58-30-7-5-6-26-35(30)39(54)47(38(26)53)29-10-11-32(49)46-37(29)52/h23-31,35-36,42-43,45H,3-22H2,1-2H3,(H,41,50)(H,44,51)(H,46,49,52)/t24-,25-,26?,27?,28?,29?,30?,31?,35?,36?/m0/s1. The first-order valence-corrected chi connectivity index (χ1v) is 21.8. The van der Waals surface area contributed by atoms with Gasteiger partial charge in [0, 0.05) is 37.6 Å². The summed E-state index contributed by atoms with van der Waals surface area (Å²) in [7, 11) is 0. The lowest BCUT2D eigenvalue weighted by Crippen LogP contribution is -2.67. The number of carbonyl (C=O) groups is 6. The van der Waals surface area contributed by atoms with E-state index in [9.17, 15) is 28.8 Å². The molecule has 6 amide bonds. The van der Waals surface area contributed by atoms with Crippen molar-refractivity contribution in [2.75, 3.05) is 59.3 Å². The highest BCUT2D eigenvalue weighted by Gasteiger charge is 2.56. The third-order valence-corrected chi connectivity index (χ3v) is 13.0. The zero-order valence-electron chi connectivity index (χ0n) is 33.8. The molecule has 58 heavy (non-hydrogen) atoms. The van der Waals surface area contributed by atoms with Crippen molar-refractivity contribution in [2.24, 2.45) is 17.8 Å². The van der Waals surface area contributed by atoms with Crippen LogP contribution in [-0.4, -0.2) is 153 Å². The van der Waals surface area contributed by atoms with Crippen LogP contribution in [0.5, 0.6) is 0 Å². The zero-order valence-corrected chi connectivity index (χ0v) is 34.6. The smallest absolute Gasteiger partial charge is 0.249 e. The maximum Gasteiger partial charge on any atom is 0.249 e. The first kappa shape index (κ1) is 44.7. The van der Waals surface area contributed by atoms with Crippen LogP contribution in [0.4, 0.5) is 0 Å². The molecule has 0 aromatic carbocycles. The Balaban J connectivity index is 0.765. The molecular weight excluding hydrogens is 776 g/mol. The van der Waals surface area contributed by atoms with Crippen molar-refractivity contribution in [2.45, 2.75) is 132 Å². The van der Waals surface area contributed by atoms with Crippen LogP contribution in [0.3, 0.4) is 0 Å². The van der Waals surface area contributed by atoms with Gasteiger partial charge in [-0.15, -0.1) is 11.6 Å². The fraction of sp³-hybridized carbons (Fsp3) is 0.846. The number of ether oxygens (including phenoxy) is 4. The molecule has 2 aliphatic carbocycles. The first-order valence-electron chi connectivity index (χ1n) is 21.4. The van der Waals surface area contributed by atoms with Crippen molar-refractivity contribution < 1.29 is 47.7 Å². The van der Waals surface area contributed by atoms with Gasteiger partial charge in [0.15, 0.2) is 0 Å². The van der Waals surface area contributed by atoms with E-state index in [4.69, 9.17) is 30.5 Å². The van der Waals surface area contributed by atoms with Gasteiger partial charge < -0.3 is 29.6 Å². The number of likely N-dealkylation sites (tertiary alicyclic amines) is 1. The number of rotatable bonds is 21. The van der Waals surface area contributed by atoms with Crippen LogP contribution < -0.4 is 32.0 Å². The van der Waals surface area contributed by atoms with Crippen LogP contribution in [0.15, 0.2) is 0 Å². The van der Waals surface area contributed by atoms with Gasteiger partial charge in [-0.25, -0.2) is 5.01 Å². The molecule has 18 nitrogen and oxygen atoms in total. The second-order valence-electron chi connectivity index (χ2n) is 16.3. The maximum absolute atomic E-state index is 13.3. The minimum Gasteiger partial charge on any atom is -0.377 e. The Morgan fingerprint density at radius 3 is 2.36 bits per heavy atom. The maximum atomic E-state index is 13.3. The number of fused-ring (bicyclic) bond motifs is 2. The molecule has 19 heteroatoms. The molecule has 0 aromatic rings. The number of amides is 6. The monoisotopic (exact) mass is 838 g/mol. The van der Waals surface area contributed by atoms with E-state index in [1.54, 1.807) is 0 Å². The molecule has 6 rings (SSSR count). The summed E-state index contributed by atoms with van der Waals surface area (Å²) < 4.78 is 22.4. The van der Waals surface area contributed by atoms with Crippen LogP contribution in [0, 0.1) is 17.8 Å². The number of carbonyl (C=O) groups excluding carboxylic acids is 6. The average Bonchev–Trinajstić information content (AvgIpc) is 3.88. The van der Waals surface area contributed by atoms with Gasteiger partial charge in [-0.1, -0.05) is 33.1 Å². The van der Waals surface area contributed by atoms with Gasteiger partial charge in [0.1, 0.15) is 19.3 Å². The van der Waals surface area contributed by atoms with Crippen molar-refractivity contribution in [1.29, 1.82) is 0 Å². The van der Waals surface area contributed by atoms with Crippen LogP contribution in [0.25, 0.3) is 0 Å². The fourth-order valence-corrected chi connectivity index (χ4v) is 9.85. The molecule has 4 saturated heterocycles. The summed E-state index contributed by atoms with van der Waals surface area (Å²) in [5.41, 5.74) is 3.48. The Labute approximate surface area is 345 Å². The molecule has 326 valence electrons. The predicted molar refractivity (Wildman–Crippen MR) is 209 cm³/mol. The lowest BCUT2D eigenvalue weighted by Gasteiger charge is -2.46. The van der Waals surface area contributed by atoms with Gasteiger partial charge in [0.25, 0.3) is 0 Å². The number of hydrazine groups is 1. The fourth-order valence-electron chi connectivity index (χ4n) is 9.58. The highest BCUT2D eigenvalue weighted by molar-refractivity contribution is 6.21. The predicted octanol–water partition coefficient (Wildman–Crippen LogP) is -0.367. The summed E-state index contributed by atoms with van der Waals surface area (Å²) in [6.45, 7) is 6.67. The van der Waals surface area contributed by atoms with Gasteiger partial charge in [-0.2, -0.15) is 0 Å². The lowest BCUT2D eigenvalue weighted by atomic mass is 9.79. The van der Waals surface area contributed by atoms with Gasteiger partial charge in [-0.3, -0.25) is 55.0 Å². The Hall–Kier alpha value is -2.81. The number of imide groups is 2. The molecule has 4 heterocycles. The van der Waals surface area contributed by atoms with Crippen LogP contribution in [-0.2, 0) is 47.7 Å². The molecule has 0 spiro atoms. The Morgan fingerprint density at radius 2 is 1.60 bits per heavy atom. The molecule has 6 aliphatic rings. The summed E-state index contributed by atoms with van der Waals surface area (Å²) >= 11 is 6.67. The highest BCUT2D eigenvalue weighted by atomic mass is 35.5. The molecular formula is C39H63ClN8O10. The van der Waals surface area contributed by atoms with E-state index in [2.05, 4.69) is 50.9 Å². The molecule has 0 bridgehead atoms. The number of nitrogens with one attached hydrogen (secondary N) is 6. The number of hydrogen-bond donors (Lipinski definition) is 6. The van der Waals surface area contributed by atoms with E-state index in [0.29, 0.717) is 57.1 Å². The van der Waals surface area contributed by atoms with Crippen molar-refractivity contribution in [3.8, 4) is 0 Å². The molecule has 0 radical (unpaired) electrons. The van der Waals surface area contributed by atoms with Crippen molar-refractivity contribution >= 4 is 47.0 Å². The normalized spacial score (nSPS) is 32.7. The quantitative estimate of drug-likeness (QED) is 0.0495. The lowest BCUT2D eigenvalue weighted by molar-refractivity contribution is -0.152. The summed E-state index contributed by atoms with van der Waals surface area (Å²) in [4.78, 5) is 76.4. The largest absolute Gasteiger partial charge is 0.377 e. The molecule has 6 fully saturated rings. The van der Waals surface area contributed by atoms with E-state index < -0.39 is 47.6 Å². The molecule has 8 unspecified atom stereocenters. The van der Waals surface area contributed by atoms with E-state index in [1.807, 2.05) is 0 Å². The Morgan fingerprint density at radius 1 is 0.862 bits per heavy atom. The molecule has 10 atom stereocenters. The zero-order chi connectivity index (χ0) is 41.2. The number of halogens is 1. The van der Waals surface area contributed by atoms with E-state index >= 15 is 0 Å². The molecule has 6 N–H and O–H groups in total. The number of piperidine rings is 1. The van der Waals surface area contributed by atoms with E-state index in [0.717, 1.165) is 50.0 Å². The highest BCUT2D eigenvalue weighted by Crippen LogP contribution is 2.41. The summed E-state index contributed by atoms with van der Waals surface area (Å²) in [5.74, 6) is -3.22. The van der Waals surface area contributed by atoms with Gasteiger partial charge >= 0.3 is 0 Å². The van der Waals surface area contributed by atoms with Crippen molar-refractivity contribution in [1.82, 2.24) is 41.9 Å². The Kier molecular flexibility index (Phi) is 16.7. The van der Waals surface area contributed by atoms with Crippen LogP contribution in [0.1, 0.15) is 84.5 Å². The number of nitrogens with zero attached hydrogens (tertiary/aromatic N) is 2. The number of alkyl halides is 1. The minimum absolute atomic E-state index is 0.0155. The van der Waals surface area contributed by atoms with Gasteiger partial charge in [0.05, 0.1) is 68.7 Å².